The number of rotatable bonds is 4. The van der Waals surface area contributed by atoms with Crippen molar-refractivity contribution < 1.29 is 13.2 Å². The number of benzene rings is 1. The predicted molar refractivity (Wildman–Crippen MR) is 105 cm³/mol. The smallest absolute Gasteiger partial charge is 0.244 e. The molecule has 0 atom stereocenters. The van der Waals surface area contributed by atoms with E-state index in [1.807, 2.05) is 34.6 Å². The topological polar surface area (TPSA) is 66.5 Å². The second-order valence-electron chi connectivity index (χ2n) is 8.12. The van der Waals surface area contributed by atoms with Crippen LogP contribution < -0.4 is 5.32 Å². The van der Waals surface area contributed by atoms with Gasteiger partial charge in [-0.1, -0.05) is 24.2 Å². The normalized spacial score (nSPS) is 20.5. The zero-order valence-electron chi connectivity index (χ0n) is 16.0. The van der Waals surface area contributed by atoms with Crippen molar-refractivity contribution in [3.63, 3.8) is 0 Å². The maximum atomic E-state index is 13.4. The van der Waals surface area contributed by atoms with E-state index in [1.165, 1.54) is 12.1 Å². The molecule has 0 saturated carbocycles. The van der Waals surface area contributed by atoms with Crippen molar-refractivity contribution >= 4 is 27.5 Å². The van der Waals surface area contributed by atoms with Gasteiger partial charge < -0.3 is 5.32 Å². The summed E-state index contributed by atoms with van der Waals surface area (Å²) in [5.74, 6) is -0.247. The Balaban J connectivity index is 2.45. The molecule has 0 bridgehead atoms. The molecule has 0 radical (unpaired) electrons. The number of carbonyl (C=O) groups is 1. The highest BCUT2D eigenvalue weighted by Gasteiger charge is 2.51. The first kappa shape index (κ1) is 20.9. The van der Waals surface area contributed by atoms with Crippen LogP contribution in [0.1, 0.15) is 46.1 Å². The van der Waals surface area contributed by atoms with E-state index >= 15 is 0 Å². The highest BCUT2D eigenvalue weighted by Crippen LogP contribution is 2.42. The van der Waals surface area contributed by atoms with Crippen molar-refractivity contribution in [1.29, 1.82) is 0 Å². The van der Waals surface area contributed by atoms with Gasteiger partial charge >= 0.3 is 0 Å². The maximum Gasteiger partial charge on any atom is 0.244 e. The SMILES string of the molecule is C=CC(=O)NC1CC(C)(C)N(S(=O)(=O)c2ccc(C)c(Cl)c2)C(C)(C)C1. The average Bonchev–Trinajstić information content (AvgIpc) is 2.46. The number of hydrogen-bond acceptors (Lipinski definition) is 3. The molecule has 0 unspecified atom stereocenters. The van der Waals surface area contributed by atoms with E-state index in [0.29, 0.717) is 17.9 Å². The van der Waals surface area contributed by atoms with Gasteiger partial charge in [-0.3, -0.25) is 4.79 Å². The fourth-order valence-corrected chi connectivity index (χ4v) is 6.53. The second-order valence-corrected chi connectivity index (χ2v) is 10.3. The van der Waals surface area contributed by atoms with Crippen LogP contribution in [0.5, 0.6) is 0 Å². The molecule has 0 spiro atoms. The lowest BCUT2D eigenvalue weighted by Crippen LogP contribution is -2.65. The number of hydrogen-bond donors (Lipinski definition) is 1. The van der Waals surface area contributed by atoms with Crippen molar-refractivity contribution in [3.8, 4) is 0 Å². The molecular formula is C19H27ClN2O3S. The van der Waals surface area contributed by atoms with Crippen LogP contribution in [-0.4, -0.2) is 35.7 Å². The maximum absolute atomic E-state index is 13.4. The third-order valence-electron chi connectivity index (χ3n) is 4.80. The van der Waals surface area contributed by atoms with Crippen LogP contribution in [0.2, 0.25) is 5.02 Å². The number of carbonyl (C=O) groups excluding carboxylic acids is 1. The molecule has 1 fully saturated rings. The van der Waals surface area contributed by atoms with Crippen LogP contribution in [0.3, 0.4) is 0 Å². The minimum atomic E-state index is -3.76. The first-order chi connectivity index (χ1) is 11.8. The second kappa shape index (κ2) is 6.98. The fraction of sp³-hybridized carbons (Fsp3) is 0.526. The summed E-state index contributed by atoms with van der Waals surface area (Å²) in [7, 11) is -3.76. The number of sulfonamides is 1. The van der Waals surface area contributed by atoms with Gasteiger partial charge in [-0.05, 0) is 71.2 Å². The molecule has 1 amide bonds. The average molecular weight is 399 g/mol. The molecule has 1 saturated heterocycles. The van der Waals surface area contributed by atoms with Crippen molar-refractivity contribution in [3.05, 3.63) is 41.4 Å². The van der Waals surface area contributed by atoms with Crippen molar-refractivity contribution in [2.45, 2.75) is 69.5 Å². The molecule has 1 aliphatic heterocycles. The third kappa shape index (κ3) is 3.97. The van der Waals surface area contributed by atoms with E-state index in [0.717, 1.165) is 5.56 Å². The van der Waals surface area contributed by atoms with E-state index in [4.69, 9.17) is 11.6 Å². The molecule has 1 aromatic carbocycles. The Hall–Kier alpha value is -1.37. The summed E-state index contributed by atoms with van der Waals surface area (Å²) < 4.78 is 28.4. The number of nitrogens with zero attached hydrogens (tertiary/aromatic N) is 1. The molecule has 1 heterocycles. The molecular weight excluding hydrogens is 372 g/mol. The quantitative estimate of drug-likeness (QED) is 0.787. The van der Waals surface area contributed by atoms with Crippen LogP contribution in [0.4, 0.5) is 0 Å². The zero-order chi connectivity index (χ0) is 19.9. The van der Waals surface area contributed by atoms with Gasteiger partial charge in [0.15, 0.2) is 0 Å². The van der Waals surface area contributed by atoms with Crippen LogP contribution in [0.15, 0.2) is 35.7 Å². The third-order valence-corrected chi connectivity index (χ3v) is 7.53. The van der Waals surface area contributed by atoms with Crippen molar-refractivity contribution in [1.82, 2.24) is 9.62 Å². The Morgan fingerprint density at radius 2 is 1.81 bits per heavy atom. The van der Waals surface area contributed by atoms with Crippen LogP contribution in [0, 0.1) is 6.92 Å². The molecule has 26 heavy (non-hydrogen) atoms. The van der Waals surface area contributed by atoms with Gasteiger partial charge in [0.25, 0.3) is 0 Å². The lowest BCUT2D eigenvalue weighted by atomic mass is 9.79. The van der Waals surface area contributed by atoms with E-state index in [2.05, 4.69) is 11.9 Å². The Morgan fingerprint density at radius 3 is 2.27 bits per heavy atom. The predicted octanol–water partition coefficient (Wildman–Crippen LogP) is 3.66. The molecule has 7 heteroatoms. The summed E-state index contributed by atoms with van der Waals surface area (Å²) in [6, 6.07) is 4.68. The van der Waals surface area contributed by atoms with E-state index in [-0.39, 0.29) is 16.8 Å². The molecule has 2 rings (SSSR count). The van der Waals surface area contributed by atoms with Crippen LogP contribution >= 0.6 is 11.6 Å². The highest BCUT2D eigenvalue weighted by molar-refractivity contribution is 7.89. The Bertz CT molecular complexity index is 813. The lowest BCUT2D eigenvalue weighted by Gasteiger charge is -2.53. The molecule has 0 aromatic heterocycles. The summed E-state index contributed by atoms with van der Waals surface area (Å²) in [6.07, 6.45) is 2.25. The largest absolute Gasteiger partial charge is 0.350 e. The van der Waals surface area contributed by atoms with Gasteiger partial charge in [0, 0.05) is 22.1 Å². The van der Waals surface area contributed by atoms with E-state index < -0.39 is 21.1 Å². The summed E-state index contributed by atoms with van der Waals surface area (Å²) in [6.45, 7) is 12.8. The van der Waals surface area contributed by atoms with Gasteiger partial charge in [0.05, 0.1) is 4.90 Å². The van der Waals surface area contributed by atoms with Crippen LogP contribution in [0.25, 0.3) is 0 Å². The monoisotopic (exact) mass is 398 g/mol. The zero-order valence-corrected chi connectivity index (χ0v) is 17.5. The fourth-order valence-electron chi connectivity index (χ4n) is 4.12. The summed E-state index contributed by atoms with van der Waals surface area (Å²) in [5, 5.41) is 3.33. The molecule has 1 aromatic rings. The van der Waals surface area contributed by atoms with Gasteiger partial charge in [-0.2, -0.15) is 4.31 Å². The summed E-state index contributed by atoms with van der Waals surface area (Å²) in [5.41, 5.74) is -0.538. The Morgan fingerprint density at radius 1 is 1.27 bits per heavy atom. The van der Waals surface area contributed by atoms with E-state index in [1.54, 1.807) is 16.4 Å². The van der Waals surface area contributed by atoms with Crippen LogP contribution in [-0.2, 0) is 14.8 Å². The Kier molecular flexibility index (Phi) is 5.62. The van der Waals surface area contributed by atoms with Gasteiger partial charge in [-0.15, -0.1) is 0 Å². The molecule has 0 aliphatic carbocycles. The van der Waals surface area contributed by atoms with Gasteiger partial charge in [-0.25, -0.2) is 8.42 Å². The summed E-state index contributed by atoms with van der Waals surface area (Å²) in [4.78, 5) is 11.9. The lowest BCUT2D eigenvalue weighted by molar-refractivity contribution is -0.118. The summed E-state index contributed by atoms with van der Waals surface area (Å²) >= 11 is 6.16. The first-order valence-electron chi connectivity index (χ1n) is 8.56. The number of piperidine rings is 1. The Labute approximate surface area is 161 Å². The number of aryl methyl sites for hydroxylation is 1. The number of nitrogens with one attached hydrogen (secondary N) is 1. The number of amides is 1. The van der Waals surface area contributed by atoms with Crippen molar-refractivity contribution in [2.75, 3.05) is 0 Å². The minimum Gasteiger partial charge on any atom is -0.350 e. The minimum absolute atomic E-state index is 0.126. The molecule has 5 nitrogen and oxygen atoms in total. The van der Waals surface area contributed by atoms with Gasteiger partial charge in [0.2, 0.25) is 15.9 Å². The van der Waals surface area contributed by atoms with Gasteiger partial charge in [0.1, 0.15) is 0 Å². The molecule has 144 valence electrons. The number of halogens is 1. The standard InChI is InChI=1S/C19H27ClN2O3S/c1-7-17(23)21-14-11-18(3,4)22(19(5,6)12-14)26(24,25)15-9-8-13(2)16(20)10-15/h7-10,14H,1,11-12H2,2-6H3,(H,21,23). The first-order valence-corrected chi connectivity index (χ1v) is 10.4. The highest BCUT2D eigenvalue weighted by atomic mass is 35.5. The van der Waals surface area contributed by atoms with E-state index in [9.17, 15) is 13.2 Å². The molecule has 1 N–H and O–H groups in total. The molecule has 1 aliphatic rings. The van der Waals surface area contributed by atoms with Crippen molar-refractivity contribution in [2.24, 2.45) is 0 Å².